The van der Waals surface area contributed by atoms with Crippen molar-refractivity contribution in [1.82, 2.24) is 4.90 Å². The maximum absolute atomic E-state index is 12.7. The summed E-state index contributed by atoms with van der Waals surface area (Å²) in [6, 6.07) is 5.48. The second-order valence-corrected chi connectivity index (χ2v) is 5.39. The highest BCUT2D eigenvalue weighted by atomic mass is 16.5. The van der Waals surface area contributed by atoms with E-state index in [2.05, 4.69) is 0 Å². The van der Waals surface area contributed by atoms with Gasteiger partial charge in [0.05, 0.1) is 12.8 Å². The summed E-state index contributed by atoms with van der Waals surface area (Å²) in [5, 5.41) is 0.729. The fraction of sp³-hybridized carbons (Fsp3) is 0.438. The maximum atomic E-state index is 12.7. The number of carbonyl (C=O) groups excluding carboxylic acids is 1. The third-order valence-electron chi connectivity index (χ3n) is 4.03. The largest absolute Gasteiger partial charge is 0.493 e. The summed E-state index contributed by atoms with van der Waals surface area (Å²) in [5.74, 6) is 0.707. The first-order valence-corrected chi connectivity index (χ1v) is 7.36. The number of methoxy groups -OCH3 is 1. The Morgan fingerprint density at radius 3 is 2.62 bits per heavy atom. The minimum absolute atomic E-state index is 0.118. The Bertz CT molecular complexity index is 655. The number of likely N-dealkylation sites (tertiary alicyclic amines) is 1. The molecule has 112 valence electrons. The number of amides is 1. The second kappa shape index (κ2) is 5.68. The smallest absolute Gasteiger partial charge is 0.291 e. The molecule has 5 heteroatoms. The van der Waals surface area contributed by atoms with Crippen LogP contribution in [0.5, 0.6) is 5.75 Å². The molecule has 21 heavy (non-hydrogen) atoms. The number of nitrogen functional groups attached to an aromatic ring is 1. The molecule has 0 unspecified atom stereocenters. The zero-order valence-corrected chi connectivity index (χ0v) is 12.2. The average Bonchev–Trinajstić information content (AvgIpc) is 2.70. The molecule has 1 saturated heterocycles. The van der Waals surface area contributed by atoms with E-state index < -0.39 is 0 Å². The highest BCUT2D eigenvalue weighted by Crippen LogP contribution is 2.35. The van der Waals surface area contributed by atoms with Gasteiger partial charge < -0.3 is 19.8 Å². The van der Waals surface area contributed by atoms with Crippen LogP contribution in [0.1, 0.15) is 36.2 Å². The van der Waals surface area contributed by atoms with Crippen molar-refractivity contribution in [2.45, 2.75) is 25.7 Å². The van der Waals surface area contributed by atoms with E-state index >= 15 is 0 Å². The third-order valence-corrected chi connectivity index (χ3v) is 4.03. The van der Waals surface area contributed by atoms with Gasteiger partial charge >= 0.3 is 0 Å². The Kier molecular flexibility index (Phi) is 3.73. The molecule has 3 rings (SSSR count). The van der Waals surface area contributed by atoms with Crippen LogP contribution in [-0.4, -0.2) is 31.0 Å². The Labute approximate surface area is 123 Å². The van der Waals surface area contributed by atoms with E-state index in [1.165, 1.54) is 12.8 Å². The fourth-order valence-electron chi connectivity index (χ4n) is 2.85. The Morgan fingerprint density at radius 2 is 1.95 bits per heavy atom. The number of hydrogen-bond acceptors (Lipinski definition) is 4. The molecule has 0 aliphatic carbocycles. The number of carbonyl (C=O) groups is 1. The first-order chi connectivity index (χ1) is 10.2. The van der Waals surface area contributed by atoms with Crippen LogP contribution in [0.3, 0.4) is 0 Å². The number of para-hydroxylation sites is 1. The first-order valence-electron chi connectivity index (χ1n) is 7.36. The van der Waals surface area contributed by atoms with Gasteiger partial charge in [0.1, 0.15) is 0 Å². The van der Waals surface area contributed by atoms with Crippen molar-refractivity contribution < 1.29 is 13.9 Å². The summed E-state index contributed by atoms with van der Waals surface area (Å²) >= 11 is 0. The molecule has 1 aromatic carbocycles. The quantitative estimate of drug-likeness (QED) is 0.922. The molecule has 2 heterocycles. The van der Waals surface area contributed by atoms with E-state index in [9.17, 15) is 4.79 Å². The van der Waals surface area contributed by atoms with E-state index in [-0.39, 0.29) is 11.7 Å². The van der Waals surface area contributed by atoms with Gasteiger partial charge in [0.25, 0.3) is 5.91 Å². The molecule has 0 radical (unpaired) electrons. The van der Waals surface area contributed by atoms with Crippen LogP contribution < -0.4 is 10.5 Å². The van der Waals surface area contributed by atoms with Gasteiger partial charge in [-0.2, -0.15) is 0 Å². The predicted octanol–water partition coefficient (Wildman–Crippen LogP) is 3.04. The molecule has 1 aliphatic rings. The highest BCUT2D eigenvalue weighted by molar-refractivity contribution is 6.06. The van der Waals surface area contributed by atoms with E-state index in [0.717, 1.165) is 31.3 Å². The van der Waals surface area contributed by atoms with Crippen LogP contribution in [-0.2, 0) is 0 Å². The van der Waals surface area contributed by atoms with Crippen LogP contribution in [0.2, 0.25) is 0 Å². The summed E-state index contributed by atoms with van der Waals surface area (Å²) in [4.78, 5) is 14.5. The van der Waals surface area contributed by atoms with Gasteiger partial charge in [0.15, 0.2) is 11.3 Å². The molecule has 0 saturated carbocycles. The predicted molar refractivity (Wildman–Crippen MR) is 81.5 cm³/mol. The van der Waals surface area contributed by atoms with Gasteiger partial charge in [0.2, 0.25) is 5.76 Å². The molecule has 2 N–H and O–H groups in total. The Hall–Kier alpha value is -2.17. The monoisotopic (exact) mass is 288 g/mol. The Morgan fingerprint density at radius 1 is 1.24 bits per heavy atom. The number of ether oxygens (including phenoxy) is 1. The molecular weight excluding hydrogens is 268 g/mol. The molecule has 1 aliphatic heterocycles. The fourth-order valence-corrected chi connectivity index (χ4v) is 2.85. The first kappa shape index (κ1) is 13.8. The average molecular weight is 288 g/mol. The number of benzene rings is 1. The van der Waals surface area contributed by atoms with Gasteiger partial charge in [-0.3, -0.25) is 4.79 Å². The van der Waals surface area contributed by atoms with Crippen molar-refractivity contribution in [2.75, 3.05) is 25.9 Å². The van der Waals surface area contributed by atoms with E-state index in [4.69, 9.17) is 14.9 Å². The van der Waals surface area contributed by atoms with Gasteiger partial charge in [0, 0.05) is 18.5 Å². The van der Waals surface area contributed by atoms with Crippen molar-refractivity contribution in [3.63, 3.8) is 0 Å². The van der Waals surface area contributed by atoms with Crippen molar-refractivity contribution >= 4 is 22.6 Å². The number of furan rings is 1. The number of anilines is 1. The molecule has 0 atom stereocenters. The zero-order chi connectivity index (χ0) is 14.8. The molecule has 0 spiro atoms. The van der Waals surface area contributed by atoms with Crippen molar-refractivity contribution in [1.29, 1.82) is 0 Å². The molecule has 5 nitrogen and oxygen atoms in total. The lowest BCUT2D eigenvalue weighted by Gasteiger charge is -2.18. The SMILES string of the molecule is COc1cccc2c(N)c(C(=O)N3CCCCCC3)oc12. The van der Waals surface area contributed by atoms with Gasteiger partial charge in [-0.05, 0) is 25.0 Å². The van der Waals surface area contributed by atoms with Crippen molar-refractivity contribution in [3.8, 4) is 5.75 Å². The number of fused-ring (bicyclic) bond motifs is 1. The normalized spacial score (nSPS) is 16.0. The third kappa shape index (κ3) is 2.44. The molecule has 1 fully saturated rings. The van der Waals surface area contributed by atoms with Crippen molar-refractivity contribution in [3.05, 3.63) is 24.0 Å². The molecule has 2 aromatic rings. The summed E-state index contributed by atoms with van der Waals surface area (Å²) in [6.45, 7) is 1.54. The van der Waals surface area contributed by atoms with Gasteiger partial charge in [-0.15, -0.1) is 0 Å². The van der Waals surface area contributed by atoms with Crippen molar-refractivity contribution in [2.24, 2.45) is 0 Å². The van der Waals surface area contributed by atoms with Gasteiger partial charge in [-0.1, -0.05) is 18.9 Å². The summed E-state index contributed by atoms with van der Waals surface area (Å²) < 4.78 is 11.0. The van der Waals surface area contributed by atoms with E-state index in [1.807, 2.05) is 17.0 Å². The minimum atomic E-state index is -0.118. The van der Waals surface area contributed by atoms with Crippen LogP contribution >= 0.6 is 0 Å². The van der Waals surface area contributed by atoms with Crippen LogP contribution in [0, 0.1) is 0 Å². The van der Waals surface area contributed by atoms with Crippen LogP contribution in [0.15, 0.2) is 22.6 Å². The Balaban J connectivity index is 1.99. The standard InChI is InChI=1S/C16H20N2O3/c1-20-12-8-6-7-11-13(17)15(21-14(11)12)16(19)18-9-4-2-3-5-10-18/h6-8H,2-5,9-10,17H2,1H3. The topological polar surface area (TPSA) is 68.7 Å². The van der Waals surface area contributed by atoms with Gasteiger partial charge in [-0.25, -0.2) is 0 Å². The van der Waals surface area contributed by atoms with Crippen LogP contribution in [0.4, 0.5) is 5.69 Å². The molecular formula is C16H20N2O3. The van der Waals surface area contributed by atoms with E-state index in [0.29, 0.717) is 17.0 Å². The molecule has 0 bridgehead atoms. The van der Waals surface area contributed by atoms with Crippen LogP contribution in [0.25, 0.3) is 11.0 Å². The number of nitrogens with two attached hydrogens (primary N) is 1. The second-order valence-electron chi connectivity index (χ2n) is 5.39. The number of hydrogen-bond donors (Lipinski definition) is 1. The highest BCUT2D eigenvalue weighted by Gasteiger charge is 2.25. The number of rotatable bonds is 2. The lowest BCUT2D eigenvalue weighted by Crippen LogP contribution is -2.31. The summed E-state index contributed by atoms with van der Waals surface area (Å²) in [5.41, 5.74) is 7.05. The summed E-state index contributed by atoms with van der Waals surface area (Å²) in [7, 11) is 1.57. The van der Waals surface area contributed by atoms with E-state index in [1.54, 1.807) is 13.2 Å². The number of nitrogens with zero attached hydrogens (tertiary/aromatic N) is 1. The zero-order valence-electron chi connectivity index (χ0n) is 12.2. The lowest BCUT2D eigenvalue weighted by atomic mass is 10.2. The molecule has 1 amide bonds. The molecule has 1 aromatic heterocycles. The maximum Gasteiger partial charge on any atom is 0.291 e. The lowest BCUT2D eigenvalue weighted by molar-refractivity contribution is 0.0733. The summed E-state index contributed by atoms with van der Waals surface area (Å²) in [6.07, 6.45) is 4.42. The minimum Gasteiger partial charge on any atom is -0.493 e.